The summed E-state index contributed by atoms with van der Waals surface area (Å²) in [5, 5.41) is 2.14. The summed E-state index contributed by atoms with van der Waals surface area (Å²) in [6.07, 6.45) is 0. The zero-order valence-electron chi connectivity index (χ0n) is 13.9. The second-order valence-corrected chi connectivity index (χ2v) is 6.90. The fourth-order valence-electron chi connectivity index (χ4n) is 2.79. The van der Waals surface area contributed by atoms with Crippen molar-refractivity contribution in [2.45, 2.75) is 6.54 Å². The second kappa shape index (κ2) is 6.55. The molecule has 0 aliphatic carbocycles. The van der Waals surface area contributed by atoms with Crippen molar-refractivity contribution >= 4 is 28.4 Å². The lowest BCUT2D eigenvalue weighted by atomic mass is 9.95. The van der Waals surface area contributed by atoms with Gasteiger partial charge in [-0.3, -0.25) is 0 Å². The minimum atomic E-state index is 0.476. The lowest BCUT2D eigenvalue weighted by Gasteiger charge is -2.14. The van der Waals surface area contributed by atoms with Gasteiger partial charge in [0, 0.05) is 59.3 Å². The standard InChI is InChI=1S/C19H22N4S/c1-23(2)14-6-3-12(4-7-14)16-11-24-18(10-20)19(16)15-9-13(21)5-8-17(15)22/h3-9,11H,10,20-22H2,1-2H3. The lowest BCUT2D eigenvalue weighted by Crippen LogP contribution is -2.07. The molecule has 0 saturated heterocycles. The molecular formula is C19H22N4S. The summed E-state index contributed by atoms with van der Waals surface area (Å²) in [6.45, 7) is 0.476. The van der Waals surface area contributed by atoms with E-state index in [1.807, 2.05) is 32.3 Å². The van der Waals surface area contributed by atoms with E-state index in [2.05, 4.69) is 34.5 Å². The number of anilines is 3. The van der Waals surface area contributed by atoms with Crippen molar-refractivity contribution in [1.82, 2.24) is 0 Å². The van der Waals surface area contributed by atoms with Gasteiger partial charge < -0.3 is 22.1 Å². The third-order valence-corrected chi connectivity index (χ3v) is 5.10. The minimum absolute atomic E-state index is 0.476. The van der Waals surface area contributed by atoms with Crippen LogP contribution in [-0.4, -0.2) is 14.1 Å². The van der Waals surface area contributed by atoms with Crippen molar-refractivity contribution in [3.63, 3.8) is 0 Å². The first-order valence-corrected chi connectivity index (χ1v) is 8.62. The number of rotatable bonds is 4. The zero-order chi connectivity index (χ0) is 17.3. The van der Waals surface area contributed by atoms with Crippen LogP contribution in [0.25, 0.3) is 22.3 Å². The molecule has 3 aromatic rings. The first-order chi connectivity index (χ1) is 11.5. The maximum atomic E-state index is 6.22. The van der Waals surface area contributed by atoms with Gasteiger partial charge in [-0.15, -0.1) is 11.3 Å². The largest absolute Gasteiger partial charge is 0.399 e. The molecule has 124 valence electrons. The first-order valence-electron chi connectivity index (χ1n) is 7.75. The molecule has 2 aromatic carbocycles. The Kier molecular flexibility index (Phi) is 4.46. The number of benzene rings is 2. The van der Waals surface area contributed by atoms with Gasteiger partial charge >= 0.3 is 0 Å². The molecule has 0 radical (unpaired) electrons. The van der Waals surface area contributed by atoms with Crippen molar-refractivity contribution < 1.29 is 0 Å². The molecular weight excluding hydrogens is 316 g/mol. The van der Waals surface area contributed by atoms with Crippen molar-refractivity contribution in [1.29, 1.82) is 0 Å². The smallest absolute Gasteiger partial charge is 0.0395 e. The van der Waals surface area contributed by atoms with Gasteiger partial charge in [-0.25, -0.2) is 0 Å². The quantitative estimate of drug-likeness (QED) is 0.633. The van der Waals surface area contributed by atoms with Crippen LogP contribution in [0.5, 0.6) is 0 Å². The molecule has 0 atom stereocenters. The Morgan fingerprint density at radius 2 is 1.67 bits per heavy atom. The molecule has 0 unspecified atom stereocenters. The van der Waals surface area contributed by atoms with Crippen LogP contribution in [0.1, 0.15) is 4.88 Å². The minimum Gasteiger partial charge on any atom is -0.399 e. The topological polar surface area (TPSA) is 81.3 Å². The van der Waals surface area contributed by atoms with Gasteiger partial charge in [0.1, 0.15) is 0 Å². The number of hydrogen-bond acceptors (Lipinski definition) is 5. The first kappa shape index (κ1) is 16.4. The molecule has 0 amide bonds. The highest BCUT2D eigenvalue weighted by atomic mass is 32.1. The van der Waals surface area contributed by atoms with Gasteiger partial charge in [-0.1, -0.05) is 12.1 Å². The Hall–Kier alpha value is -2.50. The highest BCUT2D eigenvalue weighted by Gasteiger charge is 2.17. The molecule has 0 spiro atoms. The van der Waals surface area contributed by atoms with Crippen LogP contribution in [-0.2, 0) is 6.54 Å². The predicted molar refractivity (Wildman–Crippen MR) is 106 cm³/mol. The molecule has 24 heavy (non-hydrogen) atoms. The van der Waals surface area contributed by atoms with Crippen molar-refractivity contribution in [3.8, 4) is 22.3 Å². The Morgan fingerprint density at radius 3 is 2.29 bits per heavy atom. The van der Waals surface area contributed by atoms with Crippen molar-refractivity contribution in [2.75, 3.05) is 30.5 Å². The Labute approximate surface area is 146 Å². The summed E-state index contributed by atoms with van der Waals surface area (Å²) in [5.41, 5.74) is 25.1. The molecule has 3 rings (SSSR count). The van der Waals surface area contributed by atoms with E-state index < -0.39 is 0 Å². The summed E-state index contributed by atoms with van der Waals surface area (Å²) in [5.74, 6) is 0. The third-order valence-electron chi connectivity index (χ3n) is 4.09. The average Bonchev–Trinajstić information content (AvgIpc) is 3.01. The van der Waals surface area contributed by atoms with Crippen LogP contribution in [0.3, 0.4) is 0 Å². The van der Waals surface area contributed by atoms with Gasteiger partial charge in [0.15, 0.2) is 0 Å². The summed E-state index contributed by atoms with van der Waals surface area (Å²) >= 11 is 1.66. The van der Waals surface area contributed by atoms with Gasteiger partial charge in [-0.05, 0) is 41.3 Å². The van der Waals surface area contributed by atoms with E-state index in [-0.39, 0.29) is 0 Å². The predicted octanol–water partition coefficient (Wildman–Crippen LogP) is 3.77. The number of thiophene rings is 1. The van der Waals surface area contributed by atoms with Crippen molar-refractivity contribution in [2.24, 2.45) is 5.73 Å². The zero-order valence-corrected chi connectivity index (χ0v) is 14.7. The Bertz CT molecular complexity index is 850. The summed E-state index contributed by atoms with van der Waals surface area (Å²) in [4.78, 5) is 3.19. The van der Waals surface area contributed by atoms with Crippen LogP contribution in [0, 0.1) is 0 Å². The number of nitrogen functional groups attached to an aromatic ring is 2. The summed E-state index contributed by atoms with van der Waals surface area (Å²) < 4.78 is 0. The number of nitrogens with two attached hydrogens (primary N) is 3. The molecule has 0 fully saturated rings. The van der Waals surface area contributed by atoms with E-state index in [1.54, 1.807) is 11.3 Å². The van der Waals surface area contributed by atoms with E-state index in [9.17, 15) is 0 Å². The summed E-state index contributed by atoms with van der Waals surface area (Å²) in [6, 6.07) is 14.1. The molecule has 5 heteroatoms. The van der Waals surface area contributed by atoms with Gasteiger partial charge in [0.25, 0.3) is 0 Å². The Balaban J connectivity index is 2.16. The SMILES string of the molecule is CN(C)c1ccc(-c2csc(CN)c2-c2cc(N)ccc2N)cc1. The molecule has 0 aliphatic rings. The Morgan fingerprint density at radius 1 is 0.958 bits per heavy atom. The van der Waals surface area contributed by atoms with E-state index in [0.717, 1.165) is 32.8 Å². The normalized spacial score (nSPS) is 10.8. The van der Waals surface area contributed by atoms with Crippen LogP contribution in [0.15, 0.2) is 47.8 Å². The molecule has 1 aromatic heterocycles. The average molecular weight is 338 g/mol. The van der Waals surface area contributed by atoms with E-state index in [4.69, 9.17) is 17.2 Å². The molecule has 0 bridgehead atoms. The van der Waals surface area contributed by atoms with Crippen LogP contribution < -0.4 is 22.1 Å². The molecule has 4 nitrogen and oxygen atoms in total. The number of hydrogen-bond donors (Lipinski definition) is 3. The van der Waals surface area contributed by atoms with E-state index >= 15 is 0 Å². The third kappa shape index (κ3) is 2.96. The van der Waals surface area contributed by atoms with Crippen LogP contribution in [0.2, 0.25) is 0 Å². The fourth-order valence-corrected chi connectivity index (χ4v) is 3.73. The fraction of sp³-hybridized carbons (Fsp3) is 0.158. The highest BCUT2D eigenvalue weighted by Crippen LogP contribution is 2.42. The highest BCUT2D eigenvalue weighted by molar-refractivity contribution is 7.11. The maximum absolute atomic E-state index is 6.22. The molecule has 0 aliphatic heterocycles. The molecule has 6 N–H and O–H groups in total. The van der Waals surface area contributed by atoms with Crippen LogP contribution >= 0.6 is 11.3 Å². The van der Waals surface area contributed by atoms with Gasteiger partial charge in [0.05, 0.1) is 0 Å². The lowest BCUT2D eigenvalue weighted by molar-refractivity contribution is 1.11. The van der Waals surface area contributed by atoms with Crippen LogP contribution in [0.4, 0.5) is 17.1 Å². The number of nitrogens with zero attached hydrogens (tertiary/aromatic N) is 1. The van der Waals surface area contributed by atoms with E-state index in [0.29, 0.717) is 17.9 Å². The second-order valence-electron chi connectivity index (χ2n) is 5.94. The summed E-state index contributed by atoms with van der Waals surface area (Å²) in [7, 11) is 4.07. The van der Waals surface area contributed by atoms with Crippen molar-refractivity contribution in [3.05, 3.63) is 52.7 Å². The van der Waals surface area contributed by atoms with E-state index in [1.165, 1.54) is 0 Å². The molecule has 1 heterocycles. The maximum Gasteiger partial charge on any atom is 0.0395 e. The van der Waals surface area contributed by atoms with Gasteiger partial charge in [0.2, 0.25) is 0 Å². The van der Waals surface area contributed by atoms with Gasteiger partial charge in [-0.2, -0.15) is 0 Å². The monoisotopic (exact) mass is 338 g/mol. The molecule has 0 saturated carbocycles.